The van der Waals surface area contributed by atoms with E-state index in [4.69, 9.17) is 19.9 Å². The van der Waals surface area contributed by atoms with Gasteiger partial charge in [-0.2, -0.15) is 13.2 Å². The number of halogens is 3. The lowest BCUT2D eigenvalue weighted by Crippen LogP contribution is -2.23. The second-order valence-corrected chi connectivity index (χ2v) is 5.86. The van der Waals surface area contributed by atoms with Crippen LogP contribution in [0.4, 0.5) is 18.9 Å². The number of guanidine groups is 1. The molecule has 0 spiro atoms. The van der Waals surface area contributed by atoms with Crippen molar-refractivity contribution in [2.45, 2.75) is 26.6 Å². The zero-order valence-corrected chi connectivity index (χ0v) is 16.3. The van der Waals surface area contributed by atoms with E-state index in [1.165, 1.54) is 6.07 Å². The minimum Gasteiger partial charge on any atom is -0.494 e. The summed E-state index contributed by atoms with van der Waals surface area (Å²) in [6, 6.07) is 11.6. The Morgan fingerprint density at radius 2 is 1.72 bits per heavy atom. The summed E-state index contributed by atoms with van der Waals surface area (Å²) in [6.07, 6.45) is -4.42. The zero-order chi connectivity index (χ0) is 21.3. The van der Waals surface area contributed by atoms with Crippen LogP contribution in [0.1, 0.15) is 19.4 Å². The van der Waals surface area contributed by atoms with Crippen LogP contribution in [0.25, 0.3) is 0 Å². The number of rotatable bonds is 9. The Hall–Kier alpha value is -3.10. The first-order valence-corrected chi connectivity index (χ1v) is 9.06. The molecule has 3 N–H and O–H groups in total. The van der Waals surface area contributed by atoms with Gasteiger partial charge in [0.2, 0.25) is 0 Å². The second-order valence-electron chi connectivity index (χ2n) is 5.86. The first kappa shape index (κ1) is 22.2. The third kappa shape index (κ3) is 7.44. The maximum atomic E-state index is 12.4. The number of para-hydroxylation sites is 1. The molecular weight excluding hydrogens is 387 g/mol. The van der Waals surface area contributed by atoms with Crippen molar-refractivity contribution in [3.05, 3.63) is 48.0 Å². The SMILES string of the molecule is CCOc1ccc(OCC)c(NC(N)=NCc2ccccc2OCC(F)(F)F)c1. The largest absolute Gasteiger partial charge is 0.494 e. The molecule has 0 atom stereocenters. The molecule has 0 aliphatic carbocycles. The van der Waals surface area contributed by atoms with Crippen molar-refractivity contribution in [1.82, 2.24) is 0 Å². The van der Waals surface area contributed by atoms with Crippen molar-refractivity contribution in [2.24, 2.45) is 10.7 Å². The Labute approximate surface area is 167 Å². The first-order chi connectivity index (χ1) is 13.8. The van der Waals surface area contributed by atoms with Crippen molar-refractivity contribution in [2.75, 3.05) is 25.1 Å². The Balaban J connectivity index is 2.12. The highest BCUT2D eigenvalue weighted by Crippen LogP contribution is 2.29. The molecule has 0 aromatic heterocycles. The van der Waals surface area contributed by atoms with Gasteiger partial charge in [0.1, 0.15) is 17.2 Å². The van der Waals surface area contributed by atoms with E-state index in [0.717, 1.165) is 0 Å². The molecule has 9 heteroatoms. The van der Waals surface area contributed by atoms with Crippen molar-refractivity contribution >= 4 is 11.6 Å². The molecule has 2 rings (SSSR count). The smallest absolute Gasteiger partial charge is 0.422 e. The van der Waals surface area contributed by atoms with Gasteiger partial charge < -0.3 is 25.3 Å². The number of aliphatic imine (C=N–C) groups is 1. The fourth-order valence-electron chi connectivity index (χ4n) is 2.43. The molecule has 0 aliphatic rings. The number of nitrogens with two attached hydrogens (primary N) is 1. The summed E-state index contributed by atoms with van der Waals surface area (Å²) in [4.78, 5) is 4.20. The van der Waals surface area contributed by atoms with E-state index in [1.54, 1.807) is 36.4 Å². The van der Waals surface area contributed by atoms with E-state index < -0.39 is 12.8 Å². The molecule has 0 saturated heterocycles. The number of nitrogens with zero attached hydrogens (tertiary/aromatic N) is 1. The average molecular weight is 411 g/mol. The normalized spacial score (nSPS) is 11.8. The average Bonchev–Trinajstić information content (AvgIpc) is 2.67. The number of hydrogen-bond donors (Lipinski definition) is 2. The first-order valence-electron chi connectivity index (χ1n) is 9.06. The molecule has 29 heavy (non-hydrogen) atoms. The standard InChI is InChI=1S/C20H24F3N3O3/c1-3-27-15-9-10-18(28-4-2)16(11-15)26-19(24)25-12-14-7-5-6-8-17(14)29-13-20(21,22)23/h5-11H,3-4,12-13H2,1-2H3,(H3,24,25,26). The topological polar surface area (TPSA) is 78.1 Å². The number of anilines is 1. The number of ether oxygens (including phenoxy) is 3. The summed E-state index contributed by atoms with van der Waals surface area (Å²) < 4.78 is 53.1. The van der Waals surface area contributed by atoms with Gasteiger partial charge in [-0.1, -0.05) is 18.2 Å². The van der Waals surface area contributed by atoms with Gasteiger partial charge in [0.25, 0.3) is 0 Å². The molecule has 0 amide bonds. The molecule has 2 aromatic carbocycles. The van der Waals surface area contributed by atoms with Crippen LogP contribution in [0.5, 0.6) is 17.2 Å². The minimum absolute atomic E-state index is 0.0436. The van der Waals surface area contributed by atoms with Crippen molar-refractivity contribution in [1.29, 1.82) is 0 Å². The van der Waals surface area contributed by atoms with E-state index in [1.807, 2.05) is 13.8 Å². The molecule has 0 radical (unpaired) electrons. The Morgan fingerprint density at radius 1 is 1.00 bits per heavy atom. The molecule has 158 valence electrons. The van der Waals surface area contributed by atoms with Gasteiger partial charge in [0.15, 0.2) is 12.6 Å². The molecular formula is C20H24F3N3O3. The highest BCUT2D eigenvalue weighted by molar-refractivity contribution is 5.94. The molecule has 0 bridgehead atoms. The van der Waals surface area contributed by atoms with Crippen LogP contribution >= 0.6 is 0 Å². The molecule has 0 fully saturated rings. The van der Waals surface area contributed by atoms with Crippen LogP contribution in [-0.2, 0) is 6.54 Å². The van der Waals surface area contributed by atoms with E-state index >= 15 is 0 Å². The quantitative estimate of drug-likeness (QED) is 0.474. The van der Waals surface area contributed by atoms with Crippen LogP contribution < -0.4 is 25.3 Å². The molecule has 0 saturated carbocycles. The molecule has 2 aromatic rings. The summed E-state index contributed by atoms with van der Waals surface area (Å²) in [6.45, 7) is 3.37. The summed E-state index contributed by atoms with van der Waals surface area (Å²) in [7, 11) is 0. The van der Waals surface area contributed by atoms with Gasteiger partial charge in [-0.3, -0.25) is 0 Å². The highest BCUT2D eigenvalue weighted by Gasteiger charge is 2.28. The molecule has 0 aliphatic heterocycles. The number of alkyl halides is 3. The lowest BCUT2D eigenvalue weighted by Gasteiger charge is -2.14. The number of nitrogens with one attached hydrogen (secondary N) is 1. The van der Waals surface area contributed by atoms with Crippen molar-refractivity contribution in [3.8, 4) is 17.2 Å². The van der Waals surface area contributed by atoms with E-state index in [-0.39, 0.29) is 18.3 Å². The summed E-state index contributed by atoms with van der Waals surface area (Å²) in [5, 5.41) is 2.94. The van der Waals surface area contributed by atoms with Crippen molar-refractivity contribution in [3.63, 3.8) is 0 Å². The minimum atomic E-state index is -4.42. The van der Waals surface area contributed by atoms with Gasteiger partial charge >= 0.3 is 6.18 Å². The van der Waals surface area contributed by atoms with Gasteiger partial charge in [-0.05, 0) is 32.0 Å². The van der Waals surface area contributed by atoms with Gasteiger partial charge in [0.05, 0.1) is 25.4 Å². The van der Waals surface area contributed by atoms with Gasteiger partial charge in [0, 0.05) is 11.6 Å². The van der Waals surface area contributed by atoms with Crippen LogP contribution in [0.3, 0.4) is 0 Å². The second kappa shape index (κ2) is 10.4. The Morgan fingerprint density at radius 3 is 2.41 bits per heavy atom. The predicted molar refractivity (Wildman–Crippen MR) is 106 cm³/mol. The fourth-order valence-corrected chi connectivity index (χ4v) is 2.43. The number of hydrogen-bond acceptors (Lipinski definition) is 4. The molecule has 0 heterocycles. The summed E-state index contributed by atoms with van der Waals surface area (Å²) in [5.74, 6) is 1.39. The third-order valence-corrected chi connectivity index (χ3v) is 3.61. The molecule has 0 unspecified atom stereocenters. The summed E-state index contributed by atoms with van der Waals surface area (Å²) >= 11 is 0. The monoisotopic (exact) mass is 411 g/mol. The van der Waals surface area contributed by atoms with E-state index in [2.05, 4.69) is 10.3 Å². The van der Waals surface area contributed by atoms with Gasteiger partial charge in [-0.25, -0.2) is 4.99 Å². The van der Waals surface area contributed by atoms with Crippen LogP contribution in [0, 0.1) is 0 Å². The van der Waals surface area contributed by atoms with E-state index in [0.29, 0.717) is 36.0 Å². The lowest BCUT2D eigenvalue weighted by molar-refractivity contribution is -0.153. The fraction of sp³-hybridized carbons (Fsp3) is 0.350. The van der Waals surface area contributed by atoms with Crippen LogP contribution in [-0.4, -0.2) is 32.0 Å². The maximum absolute atomic E-state index is 12.4. The highest BCUT2D eigenvalue weighted by atomic mass is 19.4. The zero-order valence-electron chi connectivity index (χ0n) is 16.3. The lowest BCUT2D eigenvalue weighted by atomic mass is 10.2. The van der Waals surface area contributed by atoms with Crippen molar-refractivity contribution < 1.29 is 27.4 Å². The Kier molecular flexibility index (Phi) is 7.99. The van der Waals surface area contributed by atoms with E-state index in [9.17, 15) is 13.2 Å². The maximum Gasteiger partial charge on any atom is 0.422 e. The predicted octanol–water partition coefficient (Wildman–Crippen LogP) is 4.35. The Bertz CT molecular complexity index is 826. The van der Waals surface area contributed by atoms with Crippen LogP contribution in [0.2, 0.25) is 0 Å². The van der Waals surface area contributed by atoms with Gasteiger partial charge in [-0.15, -0.1) is 0 Å². The molecule has 6 nitrogen and oxygen atoms in total. The number of benzene rings is 2. The van der Waals surface area contributed by atoms with Crippen LogP contribution in [0.15, 0.2) is 47.5 Å². The third-order valence-electron chi connectivity index (χ3n) is 3.61. The summed E-state index contributed by atoms with van der Waals surface area (Å²) in [5.41, 5.74) is 7.01.